The Kier molecular flexibility index (Phi) is 10.3. The molecular formula is C34H36ClN3O5S. The topological polar surface area (TPSA) is 96.0 Å². The third kappa shape index (κ3) is 8.39. The summed E-state index contributed by atoms with van der Waals surface area (Å²) in [5, 5.41) is 3.34. The third-order valence-corrected chi connectivity index (χ3v) is 8.83. The quantitative estimate of drug-likeness (QED) is 0.199. The Balaban J connectivity index is 1.70. The molecule has 2 amide bonds. The summed E-state index contributed by atoms with van der Waals surface area (Å²) in [7, 11) is -4.19. The number of carbonyl (C=O) groups is 2. The van der Waals surface area contributed by atoms with Crippen molar-refractivity contribution in [1.29, 1.82) is 0 Å². The standard InChI is InChI=1S/C34H36ClN3O5S/c1-25(33(40)36-34(2,3)4)37(23-26-13-11-12-18-31(26)35)32(39)24-38(44(41,42)30-16-9-6-10-17-30)27-19-21-29(22-20-27)43-28-14-7-5-8-15-28/h5-22,25H,23-24H2,1-4H3,(H,36,40). The number of rotatable bonds is 11. The van der Waals surface area contributed by atoms with Gasteiger partial charge < -0.3 is 15.0 Å². The lowest BCUT2D eigenvalue weighted by Crippen LogP contribution is -2.54. The van der Waals surface area contributed by atoms with Gasteiger partial charge in [0.15, 0.2) is 0 Å². The lowest BCUT2D eigenvalue weighted by molar-refractivity contribution is -0.140. The normalized spacial score (nSPS) is 12.2. The van der Waals surface area contributed by atoms with E-state index in [1.165, 1.54) is 17.0 Å². The van der Waals surface area contributed by atoms with Crippen LogP contribution < -0.4 is 14.4 Å². The number of hydrogen-bond acceptors (Lipinski definition) is 5. The van der Waals surface area contributed by atoms with Crippen molar-refractivity contribution in [2.45, 2.75) is 50.7 Å². The summed E-state index contributed by atoms with van der Waals surface area (Å²) in [5.41, 5.74) is 0.335. The van der Waals surface area contributed by atoms with Crippen molar-refractivity contribution < 1.29 is 22.7 Å². The summed E-state index contributed by atoms with van der Waals surface area (Å²) in [4.78, 5) is 28.7. The Hall–Kier alpha value is -4.34. The number of carbonyl (C=O) groups excluding carboxylic acids is 2. The van der Waals surface area contributed by atoms with E-state index in [2.05, 4.69) is 5.32 Å². The number of anilines is 1. The lowest BCUT2D eigenvalue weighted by atomic mass is 10.1. The van der Waals surface area contributed by atoms with Gasteiger partial charge in [0.25, 0.3) is 10.0 Å². The van der Waals surface area contributed by atoms with E-state index in [1.807, 2.05) is 51.1 Å². The highest BCUT2D eigenvalue weighted by atomic mass is 35.5. The van der Waals surface area contributed by atoms with Gasteiger partial charge in [-0.05, 0) is 87.9 Å². The number of sulfonamides is 1. The minimum Gasteiger partial charge on any atom is -0.457 e. The average molecular weight is 634 g/mol. The molecule has 0 spiro atoms. The first-order chi connectivity index (χ1) is 20.8. The van der Waals surface area contributed by atoms with Crippen molar-refractivity contribution in [1.82, 2.24) is 10.2 Å². The molecular weight excluding hydrogens is 598 g/mol. The summed E-state index contributed by atoms with van der Waals surface area (Å²) in [6.45, 7) is 6.58. The van der Waals surface area contributed by atoms with Gasteiger partial charge in [-0.15, -0.1) is 0 Å². The van der Waals surface area contributed by atoms with E-state index in [0.717, 1.165) is 4.31 Å². The first-order valence-corrected chi connectivity index (χ1v) is 15.9. The zero-order chi connectivity index (χ0) is 31.9. The van der Waals surface area contributed by atoms with Crippen LogP contribution in [0.25, 0.3) is 0 Å². The van der Waals surface area contributed by atoms with E-state index in [4.69, 9.17) is 16.3 Å². The highest BCUT2D eigenvalue weighted by Crippen LogP contribution is 2.29. The molecule has 0 radical (unpaired) electrons. The Morgan fingerprint density at radius 2 is 1.36 bits per heavy atom. The molecule has 4 aromatic carbocycles. The molecule has 1 N–H and O–H groups in total. The van der Waals surface area contributed by atoms with Crippen LogP contribution in [0.15, 0.2) is 114 Å². The predicted molar refractivity (Wildman–Crippen MR) is 173 cm³/mol. The summed E-state index contributed by atoms with van der Waals surface area (Å²) < 4.78 is 34.9. The van der Waals surface area contributed by atoms with Crippen molar-refractivity contribution in [2.75, 3.05) is 10.8 Å². The number of ether oxygens (including phenoxy) is 1. The van der Waals surface area contributed by atoms with Gasteiger partial charge in [-0.3, -0.25) is 13.9 Å². The van der Waals surface area contributed by atoms with Crippen LogP contribution in [0.3, 0.4) is 0 Å². The van der Waals surface area contributed by atoms with Gasteiger partial charge in [0.05, 0.1) is 10.6 Å². The number of benzene rings is 4. The van der Waals surface area contributed by atoms with E-state index in [9.17, 15) is 18.0 Å². The van der Waals surface area contributed by atoms with Gasteiger partial charge in [0.1, 0.15) is 24.1 Å². The van der Waals surface area contributed by atoms with Crippen molar-refractivity contribution >= 4 is 39.1 Å². The van der Waals surface area contributed by atoms with E-state index in [1.54, 1.807) is 73.7 Å². The number of nitrogens with one attached hydrogen (secondary N) is 1. The fourth-order valence-electron chi connectivity index (χ4n) is 4.42. The van der Waals surface area contributed by atoms with Crippen molar-refractivity contribution in [3.05, 3.63) is 120 Å². The molecule has 4 rings (SSSR count). The molecule has 0 saturated carbocycles. The van der Waals surface area contributed by atoms with Gasteiger partial charge in [-0.1, -0.05) is 66.2 Å². The van der Waals surface area contributed by atoms with E-state index >= 15 is 0 Å². The Morgan fingerprint density at radius 3 is 1.95 bits per heavy atom. The summed E-state index contributed by atoms with van der Waals surface area (Å²) in [5.74, 6) is 0.168. The van der Waals surface area contributed by atoms with Crippen LogP contribution in [-0.2, 0) is 26.2 Å². The Morgan fingerprint density at radius 1 is 0.818 bits per heavy atom. The van der Waals surface area contributed by atoms with Crippen LogP contribution in [0.5, 0.6) is 11.5 Å². The second-order valence-corrected chi connectivity index (χ2v) is 13.5. The monoisotopic (exact) mass is 633 g/mol. The van der Waals surface area contributed by atoms with Crippen molar-refractivity contribution in [3.63, 3.8) is 0 Å². The predicted octanol–water partition coefficient (Wildman–Crippen LogP) is 6.66. The largest absolute Gasteiger partial charge is 0.457 e. The van der Waals surface area contributed by atoms with Crippen LogP contribution in [0.2, 0.25) is 5.02 Å². The lowest BCUT2D eigenvalue weighted by Gasteiger charge is -2.33. The average Bonchev–Trinajstić information content (AvgIpc) is 2.99. The maximum Gasteiger partial charge on any atom is 0.264 e. The van der Waals surface area contributed by atoms with Gasteiger partial charge in [-0.25, -0.2) is 8.42 Å². The van der Waals surface area contributed by atoms with Gasteiger partial charge in [0, 0.05) is 17.1 Å². The zero-order valence-corrected chi connectivity index (χ0v) is 26.7. The van der Waals surface area contributed by atoms with E-state index in [-0.39, 0.29) is 23.0 Å². The van der Waals surface area contributed by atoms with Crippen molar-refractivity contribution in [3.8, 4) is 11.5 Å². The summed E-state index contributed by atoms with van der Waals surface area (Å²) in [6, 6.07) is 29.6. The molecule has 0 fully saturated rings. The van der Waals surface area contributed by atoms with Gasteiger partial charge in [0.2, 0.25) is 11.8 Å². The summed E-state index contributed by atoms with van der Waals surface area (Å²) >= 11 is 6.43. The molecule has 0 aliphatic carbocycles. The van der Waals surface area contributed by atoms with Gasteiger partial charge >= 0.3 is 0 Å². The second-order valence-electron chi connectivity index (χ2n) is 11.3. The molecule has 230 valence electrons. The molecule has 8 nitrogen and oxygen atoms in total. The molecule has 0 aliphatic rings. The van der Waals surface area contributed by atoms with E-state index in [0.29, 0.717) is 22.1 Å². The zero-order valence-electron chi connectivity index (χ0n) is 25.1. The fraction of sp³-hybridized carbons (Fsp3) is 0.235. The first kappa shape index (κ1) is 32.6. The first-order valence-electron chi connectivity index (χ1n) is 14.1. The molecule has 1 unspecified atom stereocenters. The Bertz CT molecular complexity index is 1680. The molecule has 0 aliphatic heterocycles. The molecule has 0 bridgehead atoms. The molecule has 0 heterocycles. The molecule has 0 saturated heterocycles. The minimum absolute atomic E-state index is 0.000312. The Labute approximate surface area is 264 Å². The maximum absolute atomic E-state index is 14.1. The number of hydrogen-bond donors (Lipinski definition) is 1. The van der Waals surface area contributed by atoms with Crippen molar-refractivity contribution in [2.24, 2.45) is 0 Å². The molecule has 44 heavy (non-hydrogen) atoms. The van der Waals surface area contributed by atoms with Crippen LogP contribution >= 0.6 is 11.6 Å². The highest BCUT2D eigenvalue weighted by molar-refractivity contribution is 7.92. The van der Waals surface area contributed by atoms with Crippen LogP contribution in [0.4, 0.5) is 5.69 Å². The molecule has 0 aromatic heterocycles. The smallest absolute Gasteiger partial charge is 0.264 e. The minimum atomic E-state index is -4.19. The summed E-state index contributed by atoms with van der Waals surface area (Å²) in [6.07, 6.45) is 0. The number of halogens is 1. The fourth-order valence-corrected chi connectivity index (χ4v) is 6.05. The SMILES string of the molecule is CC(C(=O)NC(C)(C)C)N(Cc1ccccc1Cl)C(=O)CN(c1ccc(Oc2ccccc2)cc1)S(=O)(=O)c1ccccc1. The molecule has 4 aromatic rings. The molecule has 1 atom stereocenters. The van der Waals surface area contributed by atoms with Gasteiger partial charge in [-0.2, -0.15) is 0 Å². The number of para-hydroxylation sites is 1. The molecule has 10 heteroatoms. The highest BCUT2D eigenvalue weighted by Gasteiger charge is 2.33. The second kappa shape index (κ2) is 14.0. The van der Waals surface area contributed by atoms with E-state index < -0.39 is 34.1 Å². The maximum atomic E-state index is 14.1. The van der Waals surface area contributed by atoms with Crippen LogP contribution in [-0.4, -0.2) is 43.3 Å². The van der Waals surface area contributed by atoms with Crippen LogP contribution in [0.1, 0.15) is 33.3 Å². The number of amides is 2. The number of nitrogens with zero attached hydrogens (tertiary/aromatic N) is 2. The van der Waals surface area contributed by atoms with Crippen LogP contribution in [0, 0.1) is 0 Å². The third-order valence-electron chi connectivity index (χ3n) is 6.68.